The maximum Gasteiger partial charge on any atom is 0.234 e. The SMILES string of the molecule is CCC[C@H](C)NC(=O)CN(C)Cc1csc2ccccc12. The predicted octanol–water partition coefficient (Wildman–Crippen LogP) is 3.64. The van der Waals surface area contributed by atoms with Gasteiger partial charge in [0, 0.05) is 17.3 Å². The van der Waals surface area contributed by atoms with Crippen LogP contribution >= 0.6 is 11.3 Å². The molecule has 0 saturated carbocycles. The molecular formula is C17H24N2OS. The Hall–Kier alpha value is -1.39. The summed E-state index contributed by atoms with van der Waals surface area (Å²) in [6, 6.07) is 8.69. The maximum absolute atomic E-state index is 12.0. The van der Waals surface area contributed by atoms with Crippen molar-refractivity contribution in [2.45, 2.75) is 39.3 Å². The van der Waals surface area contributed by atoms with Gasteiger partial charge in [-0.1, -0.05) is 31.5 Å². The Morgan fingerprint density at radius 1 is 1.38 bits per heavy atom. The van der Waals surface area contributed by atoms with Crippen molar-refractivity contribution in [3.63, 3.8) is 0 Å². The molecule has 0 aliphatic heterocycles. The highest BCUT2D eigenvalue weighted by atomic mass is 32.1. The zero-order chi connectivity index (χ0) is 15.2. The minimum absolute atomic E-state index is 0.109. The molecule has 114 valence electrons. The summed E-state index contributed by atoms with van der Waals surface area (Å²) in [4.78, 5) is 14.1. The van der Waals surface area contributed by atoms with Crippen LogP contribution in [0.2, 0.25) is 0 Å². The maximum atomic E-state index is 12.0. The number of rotatable bonds is 7. The molecule has 0 aliphatic carbocycles. The van der Waals surface area contributed by atoms with E-state index in [0.29, 0.717) is 6.54 Å². The van der Waals surface area contributed by atoms with Gasteiger partial charge in [-0.25, -0.2) is 0 Å². The molecule has 3 nitrogen and oxygen atoms in total. The summed E-state index contributed by atoms with van der Waals surface area (Å²) in [5.74, 6) is 0.109. The zero-order valence-corrected chi connectivity index (χ0v) is 13.9. The van der Waals surface area contributed by atoms with E-state index in [1.165, 1.54) is 15.6 Å². The number of carbonyl (C=O) groups excluding carboxylic acids is 1. The van der Waals surface area contributed by atoms with E-state index in [1.807, 2.05) is 7.05 Å². The fraction of sp³-hybridized carbons (Fsp3) is 0.471. The number of nitrogens with one attached hydrogen (secondary N) is 1. The molecule has 1 heterocycles. The minimum Gasteiger partial charge on any atom is -0.353 e. The average molecular weight is 304 g/mol. The van der Waals surface area contributed by atoms with Gasteiger partial charge < -0.3 is 5.32 Å². The normalized spacial score (nSPS) is 12.8. The highest BCUT2D eigenvalue weighted by Gasteiger charge is 2.11. The molecule has 0 radical (unpaired) electrons. The number of hydrogen-bond donors (Lipinski definition) is 1. The molecule has 4 heteroatoms. The van der Waals surface area contributed by atoms with Crippen LogP contribution in [0.25, 0.3) is 10.1 Å². The van der Waals surface area contributed by atoms with Crippen LogP contribution in [-0.2, 0) is 11.3 Å². The van der Waals surface area contributed by atoms with Crippen LogP contribution < -0.4 is 5.32 Å². The van der Waals surface area contributed by atoms with E-state index in [1.54, 1.807) is 11.3 Å². The third kappa shape index (κ3) is 4.55. The van der Waals surface area contributed by atoms with Gasteiger partial charge in [0.25, 0.3) is 0 Å². The van der Waals surface area contributed by atoms with Crippen molar-refractivity contribution < 1.29 is 4.79 Å². The third-order valence-corrected chi connectivity index (χ3v) is 4.56. The second-order valence-corrected chi connectivity index (χ2v) is 6.60. The lowest BCUT2D eigenvalue weighted by atomic mass is 10.1. The Morgan fingerprint density at radius 3 is 2.90 bits per heavy atom. The van der Waals surface area contributed by atoms with Crippen molar-refractivity contribution in [1.82, 2.24) is 10.2 Å². The number of benzene rings is 1. The second-order valence-electron chi connectivity index (χ2n) is 5.69. The van der Waals surface area contributed by atoms with Gasteiger partial charge in [-0.2, -0.15) is 0 Å². The van der Waals surface area contributed by atoms with Crippen LogP contribution in [0.4, 0.5) is 0 Å². The lowest BCUT2D eigenvalue weighted by Gasteiger charge is -2.18. The van der Waals surface area contributed by atoms with Crippen molar-refractivity contribution in [3.05, 3.63) is 35.2 Å². The summed E-state index contributed by atoms with van der Waals surface area (Å²) in [6.07, 6.45) is 2.13. The predicted molar refractivity (Wildman–Crippen MR) is 90.7 cm³/mol. The van der Waals surface area contributed by atoms with Crippen LogP contribution in [0.3, 0.4) is 0 Å². The van der Waals surface area contributed by atoms with Crippen LogP contribution in [0.5, 0.6) is 0 Å². The van der Waals surface area contributed by atoms with Crippen molar-refractivity contribution in [1.29, 1.82) is 0 Å². The lowest BCUT2D eigenvalue weighted by Crippen LogP contribution is -2.39. The van der Waals surface area contributed by atoms with E-state index in [-0.39, 0.29) is 11.9 Å². The van der Waals surface area contributed by atoms with E-state index in [9.17, 15) is 4.79 Å². The van der Waals surface area contributed by atoms with Crippen molar-refractivity contribution >= 4 is 27.3 Å². The van der Waals surface area contributed by atoms with Crippen molar-refractivity contribution in [2.24, 2.45) is 0 Å². The highest BCUT2D eigenvalue weighted by Crippen LogP contribution is 2.26. The molecule has 0 bridgehead atoms. The number of carbonyl (C=O) groups is 1. The highest BCUT2D eigenvalue weighted by molar-refractivity contribution is 7.17. The zero-order valence-electron chi connectivity index (χ0n) is 13.1. The molecule has 0 unspecified atom stereocenters. The van der Waals surface area contributed by atoms with E-state index in [4.69, 9.17) is 0 Å². The molecular weight excluding hydrogens is 280 g/mol. The second kappa shape index (κ2) is 7.57. The smallest absolute Gasteiger partial charge is 0.234 e. The van der Waals surface area contributed by atoms with Gasteiger partial charge in [0.1, 0.15) is 0 Å². The minimum atomic E-state index is 0.109. The van der Waals surface area contributed by atoms with Crippen LogP contribution in [-0.4, -0.2) is 30.4 Å². The summed E-state index contributed by atoms with van der Waals surface area (Å²) in [7, 11) is 2.00. The molecule has 0 spiro atoms. The van der Waals surface area contributed by atoms with Gasteiger partial charge in [-0.3, -0.25) is 9.69 Å². The summed E-state index contributed by atoms with van der Waals surface area (Å²) < 4.78 is 1.31. The molecule has 1 aromatic heterocycles. The summed E-state index contributed by atoms with van der Waals surface area (Å²) in [5, 5.41) is 6.54. The number of nitrogens with zero attached hydrogens (tertiary/aromatic N) is 1. The van der Waals surface area contributed by atoms with Gasteiger partial charge in [-0.15, -0.1) is 11.3 Å². The Labute approximate surface area is 131 Å². The van der Waals surface area contributed by atoms with Gasteiger partial charge in [0.2, 0.25) is 5.91 Å². The first kappa shape index (κ1) is 16.0. The van der Waals surface area contributed by atoms with Gasteiger partial charge in [0.15, 0.2) is 0 Å². The molecule has 1 aromatic carbocycles. The quantitative estimate of drug-likeness (QED) is 0.847. The lowest BCUT2D eigenvalue weighted by molar-refractivity contribution is -0.122. The fourth-order valence-electron chi connectivity index (χ4n) is 2.57. The van der Waals surface area contributed by atoms with E-state index in [2.05, 4.69) is 53.7 Å². The van der Waals surface area contributed by atoms with E-state index in [0.717, 1.165) is 19.4 Å². The van der Waals surface area contributed by atoms with E-state index < -0.39 is 0 Å². The van der Waals surface area contributed by atoms with Crippen LogP contribution in [0, 0.1) is 0 Å². The first-order valence-corrected chi connectivity index (χ1v) is 8.41. The Morgan fingerprint density at radius 2 is 2.14 bits per heavy atom. The first-order valence-electron chi connectivity index (χ1n) is 7.53. The number of likely N-dealkylation sites (N-methyl/N-ethyl adjacent to an activating group) is 1. The number of amides is 1. The van der Waals surface area contributed by atoms with Gasteiger partial charge in [-0.05, 0) is 42.8 Å². The molecule has 1 N–H and O–H groups in total. The molecule has 0 aliphatic rings. The molecule has 1 amide bonds. The molecule has 0 fully saturated rings. The Kier molecular flexibility index (Phi) is 5.76. The monoisotopic (exact) mass is 304 g/mol. The average Bonchev–Trinajstić information content (AvgIpc) is 2.82. The molecule has 2 aromatic rings. The standard InChI is InChI=1S/C17H24N2OS/c1-4-7-13(2)18-17(20)11-19(3)10-14-12-21-16-9-6-5-8-15(14)16/h5-6,8-9,12-13H,4,7,10-11H2,1-3H3,(H,18,20)/t13-/m0/s1. The summed E-state index contributed by atoms with van der Waals surface area (Å²) in [5.41, 5.74) is 1.30. The number of thiophene rings is 1. The van der Waals surface area contributed by atoms with Crippen LogP contribution in [0.1, 0.15) is 32.3 Å². The summed E-state index contributed by atoms with van der Waals surface area (Å²) >= 11 is 1.76. The van der Waals surface area contributed by atoms with Crippen LogP contribution in [0.15, 0.2) is 29.6 Å². The first-order chi connectivity index (χ1) is 10.1. The largest absolute Gasteiger partial charge is 0.353 e. The third-order valence-electron chi connectivity index (χ3n) is 3.54. The molecule has 0 saturated heterocycles. The Bertz CT molecular complexity index is 593. The Balaban J connectivity index is 1.89. The fourth-order valence-corrected chi connectivity index (χ4v) is 3.53. The summed E-state index contributed by atoms with van der Waals surface area (Å²) in [6.45, 7) is 5.45. The van der Waals surface area contributed by atoms with Gasteiger partial charge in [0.05, 0.1) is 6.54 Å². The van der Waals surface area contributed by atoms with Crippen molar-refractivity contribution in [3.8, 4) is 0 Å². The topological polar surface area (TPSA) is 32.3 Å². The number of fused-ring (bicyclic) bond motifs is 1. The van der Waals surface area contributed by atoms with Gasteiger partial charge >= 0.3 is 0 Å². The van der Waals surface area contributed by atoms with E-state index >= 15 is 0 Å². The molecule has 1 atom stereocenters. The molecule has 2 rings (SSSR count). The van der Waals surface area contributed by atoms with Crippen molar-refractivity contribution in [2.75, 3.05) is 13.6 Å². The molecule has 21 heavy (non-hydrogen) atoms. The number of hydrogen-bond acceptors (Lipinski definition) is 3.